The Labute approximate surface area is 153 Å². The molecule has 0 bridgehead atoms. The molecule has 134 valence electrons. The minimum atomic E-state index is -0.257. The van der Waals surface area contributed by atoms with Crippen LogP contribution in [0, 0.1) is 11.3 Å². The largest absolute Gasteiger partial charge is 0.361 e. The van der Waals surface area contributed by atoms with Crippen LogP contribution in [-0.2, 0) is 0 Å². The van der Waals surface area contributed by atoms with Gasteiger partial charge in [-0.3, -0.25) is 4.79 Å². The van der Waals surface area contributed by atoms with E-state index in [0.717, 1.165) is 25.9 Å². The van der Waals surface area contributed by atoms with Gasteiger partial charge >= 0.3 is 0 Å². The number of rotatable bonds is 4. The number of anilines is 3. The van der Waals surface area contributed by atoms with Crippen LogP contribution in [0.2, 0.25) is 0 Å². The molecule has 7 heteroatoms. The highest BCUT2D eigenvalue weighted by atomic mass is 16.1. The molecule has 0 saturated carbocycles. The van der Waals surface area contributed by atoms with Gasteiger partial charge in [-0.2, -0.15) is 10.2 Å². The smallest absolute Gasteiger partial charge is 0.255 e. The molecule has 2 aromatic rings. The molecule has 7 nitrogen and oxygen atoms in total. The molecule has 1 aliphatic rings. The van der Waals surface area contributed by atoms with Crippen LogP contribution >= 0.6 is 0 Å². The Hall–Kier alpha value is -3.14. The summed E-state index contributed by atoms with van der Waals surface area (Å²) in [6.45, 7) is 1.92. The molecule has 1 aliphatic heterocycles. The Morgan fingerprint density at radius 1 is 1.19 bits per heavy atom. The lowest BCUT2D eigenvalue weighted by Gasteiger charge is -2.28. The van der Waals surface area contributed by atoms with E-state index in [4.69, 9.17) is 5.26 Å². The summed E-state index contributed by atoms with van der Waals surface area (Å²) in [5, 5.41) is 11.7. The SMILES string of the molecule is CN(C)c1nc(N2CCCCC2)ncc1NC(=O)c1ccc(C#N)cc1. The van der Waals surface area contributed by atoms with Gasteiger partial charge in [0.05, 0.1) is 17.8 Å². The fourth-order valence-corrected chi connectivity index (χ4v) is 2.93. The first kappa shape index (κ1) is 17.7. The lowest BCUT2D eigenvalue weighted by atomic mass is 10.1. The molecule has 1 N–H and O–H groups in total. The predicted octanol–water partition coefficient (Wildman–Crippen LogP) is 2.66. The first-order chi connectivity index (χ1) is 12.6. The van der Waals surface area contributed by atoms with Crippen molar-refractivity contribution in [3.8, 4) is 6.07 Å². The molecular weight excluding hydrogens is 328 g/mol. The van der Waals surface area contributed by atoms with E-state index in [9.17, 15) is 4.79 Å². The van der Waals surface area contributed by atoms with Gasteiger partial charge in [-0.25, -0.2) is 4.98 Å². The number of nitrogens with zero attached hydrogens (tertiary/aromatic N) is 5. The van der Waals surface area contributed by atoms with E-state index in [2.05, 4.69) is 20.2 Å². The van der Waals surface area contributed by atoms with Gasteiger partial charge < -0.3 is 15.1 Å². The molecule has 1 aromatic heterocycles. The molecule has 0 aliphatic carbocycles. The van der Waals surface area contributed by atoms with Gasteiger partial charge in [-0.05, 0) is 43.5 Å². The van der Waals surface area contributed by atoms with Crippen molar-refractivity contribution in [3.05, 3.63) is 41.6 Å². The van der Waals surface area contributed by atoms with Crippen LogP contribution in [0.4, 0.5) is 17.5 Å². The van der Waals surface area contributed by atoms with Crippen molar-refractivity contribution in [1.29, 1.82) is 5.26 Å². The summed E-state index contributed by atoms with van der Waals surface area (Å²) < 4.78 is 0. The van der Waals surface area contributed by atoms with E-state index in [1.54, 1.807) is 30.5 Å². The summed E-state index contributed by atoms with van der Waals surface area (Å²) in [4.78, 5) is 25.6. The van der Waals surface area contributed by atoms with Crippen molar-refractivity contribution in [3.63, 3.8) is 0 Å². The molecule has 1 aromatic carbocycles. The van der Waals surface area contributed by atoms with Crippen LogP contribution in [0.1, 0.15) is 35.2 Å². The zero-order valence-electron chi connectivity index (χ0n) is 15.1. The third-order valence-corrected chi connectivity index (χ3v) is 4.34. The molecule has 1 amide bonds. The van der Waals surface area contributed by atoms with Gasteiger partial charge in [0.1, 0.15) is 5.69 Å². The Balaban J connectivity index is 1.81. The molecule has 0 unspecified atom stereocenters. The van der Waals surface area contributed by atoms with Crippen molar-refractivity contribution in [2.24, 2.45) is 0 Å². The maximum atomic E-state index is 12.5. The summed E-state index contributed by atoms with van der Waals surface area (Å²) >= 11 is 0. The van der Waals surface area contributed by atoms with Gasteiger partial charge in [0.2, 0.25) is 5.95 Å². The van der Waals surface area contributed by atoms with Gasteiger partial charge in [0.15, 0.2) is 5.82 Å². The highest BCUT2D eigenvalue weighted by molar-refractivity contribution is 6.05. The monoisotopic (exact) mass is 350 g/mol. The van der Waals surface area contributed by atoms with E-state index in [-0.39, 0.29) is 5.91 Å². The Morgan fingerprint density at radius 2 is 1.88 bits per heavy atom. The number of carbonyl (C=O) groups is 1. The van der Waals surface area contributed by atoms with Crippen LogP contribution in [-0.4, -0.2) is 43.1 Å². The van der Waals surface area contributed by atoms with Gasteiger partial charge in [-0.1, -0.05) is 0 Å². The quantitative estimate of drug-likeness (QED) is 0.912. The second-order valence-corrected chi connectivity index (χ2v) is 6.49. The zero-order valence-corrected chi connectivity index (χ0v) is 15.1. The average Bonchev–Trinajstić information content (AvgIpc) is 2.68. The van der Waals surface area contributed by atoms with Crippen molar-refractivity contribution < 1.29 is 4.79 Å². The van der Waals surface area contributed by atoms with Crippen LogP contribution in [0.5, 0.6) is 0 Å². The van der Waals surface area contributed by atoms with Crippen LogP contribution in [0.3, 0.4) is 0 Å². The normalized spacial score (nSPS) is 13.8. The second kappa shape index (κ2) is 7.83. The maximum Gasteiger partial charge on any atom is 0.255 e. The number of hydrogen-bond donors (Lipinski definition) is 1. The van der Waals surface area contributed by atoms with E-state index in [1.165, 1.54) is 6.42 Å². The summed E-state index contributed by atoms with van der Waals surface area (Å²) in [5.74, 6) is 1.11. The Kier molecular flexibility index (Phi) is 5.32. The summed E-state index contributed by atoms with van der Waals surface area (Å²) in [5.41, 5.74) is 1.56. The van der Waals surface area contributed by atoms with Crippen molar-refractivity contribution in [2.75, 3.05) is 42.3 Å². The van der Waals surface area contributed by atoms with Gasteiger partial charge in [0, 0.05) is 32.7 Å². The lowest BCUT2D eigenvalue weighted by molar-refractivity contribution is 0.102. The van der Waals surface area contributed by atoms with Crippen LogP contribution < -0.4 is 15.1 Å². The number of nitriles is 1. The first-order valence-electron chi connectivity index (χ1n) is 8.69. The molecular formula is C19H22N6O. The van der Waals surface area contributed by atoms with Crippen LogP contribution in [0.15, 0.2) is 30.5 Å². The fraction of sp³-hybridized carbons (Fsp3) is 0.368. The highest BCUT2D eigenvalue weighted by Gasteiger charge is 2.18. The number of benzene rings is 1. The van der Waals surface area contributed by atoms with Gasteiger partial charge in [-0.15, -0.1) is 0 Å². The number of hydrogen-bond acceptors (Lipinski definition) is 6. The minimum absolute atomic E-state index is 0.257. The Morgan fingerprint density at radius 3 is 2.50 bits per heavy atom. The molecule has 0 spiro atoms. The molecule has 2 heterocycles. The standard InChI is InChI=1S/C19H22N6O/c1-24(2)17-16(13-21-19(23-17)25-10-4-3-5-11-25)22-18(26)15-8-6-14(12-20)7-9-15/h6-9,13H,3-5,10-11H2,1-2H3,(H,22,26). The molecule has 0 atom stereocenters. The van der Waals surface area contributed by atoms with E-state index >= 15 is 0 Å². The molecule has 0 radical (unpaired) electrons. The molecule has 1 saturated heterocycles. The molecule has 1 fully saturated rings. The Bertz CT molecular complexity index is 819. The van der Waals surface area contributed by atoms with E-state index in [1.807, 2.05) is 25.1 Å². The number of carbonyl (C=O) groups excluding carboxylic acids is 1. The summed E-state index contributed by atoms with van der Waals surface area (Å²) in [7, 11) is 3.78. The van der Waals surface area contributed by atoms with Crippen molar-refractivity contribution in [2.45, 2.75) is 19.3 Å². The number of amides is 1. The highest BCUT2D eigenvalue weighted by Crippen LogP contribution is 2.25. The van der Waals surface area contributed by atoms with Crippen molar-refractivity contribution in [1.82, 2.24) is 9.97 Å². The summed E-state index contributed by atoms with van der Waals surface area (Å²) in [6.07, 6.45) is 5.21. The summed E-state index contributed by atoms with van der Waals surface area (Å²) in [6, 6.07) is 8.55. The van der Waals surface area contributed by atoms with Crippen LogP contribution in [0.25, 0.3) is 0 Å². The topological polar surface area (TPSA) is 85.2 Å². The number of piperidine rings is 1. The number of nitrogens with one attached hydrogen (secondary N) is 1. The molecule has 26 heavy (non-hydrogen) atoms. The number of aromatic nitrogens is 2. The average molecular weight is 350 g/mol. The predicted molar refractivity (Wildman–Crippen MR) is 102 cm³/mol. The fourth-order valence-electron chi connectivity index (χ4n) is 2.93. The molecule has 3 rings (SSSR count). The zero-order chi connectivity index (χ0) is 18.5. The lowest BCUT2D eigenvalue weighted by Crippen LogP contribution is -2.31. The third kappa shape index (κ3) is 3.91. The van der Waals surface area contributed by atoms with Gasteiger partial charge in [0.25, 0.3) is 5.91 Å². The first-order valence-corrected chi connectivity index (χ1v) is 8.69. The second-order valence-electron chi connectivity index (χ2n) is 6.49. The maximum absolute atomic E-state index is 12.5. The third-order valence-electron chi connectivity index (χ3n) is 4.34. The minimum Gasteiger partial charge on any atom is -0.361 e. The van der Waals surface area contributed by atoms with E-state index in [0.29, 0.717) is 28.6 Å². The van der Waals surface area contributed by atoms with Crippen molar-refractivity contribution >= 4 is 23.4 Å². The van der Waals surface area contributed by atoms with E-state index < -0.39 is 0 Å².